The van der Waals surface area contributed by atoms with Crippen LogP contribution in [0.4, 0.5) is 8.78 Å². The summed E-state index contributed by atoms with van der Waals surface area (Å²) in [5.74, 6) is -2.97. The second kappa shape index (κ2) is 5.50. The molecule has 0 aromatic heterocycles. The number of unbranched alkanes of at least 4 members (excludes halogenated alkanes) is 3. The molecule has 0 nitrogen and oxygen atoms in total. The van der Waals surface area contributed by atoms with Crippen LogP contribution in [0.5, 0.6) is 0 Å². The van der Waals surface area contributed by atoms with E-state index in [1.807, 2.05) is 0 Å². The summed E-state index contributed by atoms with van der Waals surface area (Å²) < 4.78 is 25.9. The highest BCUT2D eigenvalue weighted by molar-refractivity contribution is 4.69. The van der Waals surface area contributed by atoms with Crippen molar-refractivity contribution in [2.75, 3.05) is 0 Å². The van der Waals surface area contributed by atoms with Crippen molar-refractivity contribution in [2.45, 2.75) is 58.8 Å². The van der Waals surface area contributed by atoms with Gasteiger partial charge in [0.25, 0.3) is 0 Å². The average Bonchev–Trinajstić information content (AvgIpc) is 1.98. The van der Waals surface area contributed by atoms with Gasteiger partial charge in [-0.3, -0.25) is 0 Å². The van der Waals surface area contributed by atoms with E-state index in [-0.39, 0.29) is 6.42 Å². The van der Waals surface area contributed by atoms with Crippen molar-refractivity contribution in [3.63, 3.8) is 0 Å². The fourth-order valence-corrected chi connectivity index (χ4v) is 1.08. The van der Waals surface area contributed by atoms with E-state index in [2.05, 4.69) is 6.92 Å². The van der Waals surface area contributed by atoms with Crippen LogP contribution in [-0.2, 0) is 0 Å². The molecule has 0 fully saturated rings. The summed E-state index contributed by atoms with van der Waals surface area (Å²) in [5.41, 5.74) is 0. The minimum atomic E-state index is -2.45. The highest BCUT2D eigenvalue weighted by Gasteiger charge is 2.31. The van der Waals surface area contributed by atoms with Crippen molar-refractivity contribution < 1.29 is 8.78 Å². The maximum absolute atomic E-state index is 13.0. The first-order valence-electron chi connectivity index (χ1n) is 4.88. The third-order valence-electron chi connectivity index (χ3n) is 2.21. The van der Waals surface area contributed by atoms with Crippen LogP contribution in [-0.4, -0.2) is 5.92 Å². The average molecular weight is 178 g/mol. The normalized spacial score (nSPS) is 12.5. The molecular formula is C10H20F2. The van der Waals surface area contributed by atoms with Gasteiger partial charge in [-0.25, -0.2) is 8.78 Å². The Labute approximate surface area is 74.4 Å². The van der Waals surface area contributed by atoms with Gasteiger partial charge in [-0.15, -0.1) is 0 Å². The van der Waals surface area contributed by atoms with Crippen LogP contribution in [0.1, 0.15) is 52.9 Å². The lowest BCUT2D eigenvalue weighted by molar-refractivity contribution is -0.0540. The van der Waals surface area contributed by atoms with Gasteiger partial charge in [0.05, 0.1) is 0 Å². The summed E-state index contributed by atoms with van der Waals surface area (Å²) >= 11 is 0. The molecule has 0 heterocycles. The van der Waals surface area contributed by atoms with Gasteiger partial charge < -0.3 is 0 Å². The van der Waals surface area contributed by atoms with Crippen LogP contribution in [0.15, 0.2) is 0 Å². The number of hydrogen-bond donors (Lipinski definition) is 0. The molecule has 0 saturated heterocycles. The molecular weight excluding hydrogens is 158 g/mol. The molecule has 74 valence electrons. The lowest BCUT2D eigenvalue weighted by Crippen LogP contribution is -2.23. The van der Waals surface area contributed by atoms with Gasteiger partial charge in [-0.1, -0.05) is 40.0 Å². The van der Waals surface area contributed by atoms with Crippen LogP contribution in [0.3, 0.4) is 0 Å². The Kier molecular flexibility index (Phi) is 5.43. The third kappa shape index (κ3) is 4.68. The van der Waals surface area contributed by atoms with E-state index in [9.17, 15) is 8.78 Å². The van der Waals surface area contributed by atoms with E-state index in [1.54, 1.807) is 13.8 Å². The maximum atomic E-state index is 13.0. The van der Waals surface area contributed by atoms with Crippen molar-refractivity contribution >= 4 is 0 Å². The molecule has 0 saturated carbocycles. The molecule has 0 atom stereocenters. The zero-order valence-corrected chi connectivity index (χ0v) is 8.37. The molecule has 2 heteroatoms. The van der Waals surface area contributed by atoms with E-state index in [4.69, 9.17) is 0 Å². The molecule has 0 aromatic rings. The Morgan fingerprint density at radius 1 is 1.08 bits per heavy atom. The fraction of sp³-hybridized carbons (Fsp3) is 1.00. The molecule has 0 amide bonds. The molecule has 0 aromatic carbocycles. The molecule has 0 radical (unpaired) electrons. The van der Waals surface area contributed by atoms with Crippen molar-refractivity contribution in [1.29, 1.82) is 0 Å². The quantitative estimate of drug-likeness (QED) is 0.533. The lowest BCUT2D eigenvalue weighted by atomic mass is 9.99. The van der Waals surface area contributed by atoms with Crippen molar-refractivity contribution in [2.24, 2.45) is 5.92 Å². The second-order valence-corrected chi connectivity index (χ2v) is 3.73. The first kappa shape index (κ1) is 11.9. The van der Waals surface area contributed by atoms with Crippen molar-refractivity contribution in [3.05, 3.63) is 0 Å². The van der Waals surface area contributed by atoms with Gasteiger partial charge in [0.15, 0.2) is 0 Å². The largest absolute Gasteiger partial charge is 0.250 e. The topological polar surface area (TPSA) is 0 Å². The first-order chi connectivity index (χ1) is 5.50. The molecule has 0 aliphatic rings. The number of alkyl halides is 2. The van der Waals surface area contributed by atoms with Gasteiger partial charge in [-0.05, 0) is 6.42 Å². The van der Waals surface area contributed by atoms with Gasteiger partial charge >= 0.3 is 0 Å². The summed E-state index contributed by atoms with van der Waals surface area (Å²) in [6, 6.07) is 0. The number of hydrogen-bond acceptors (Lipinski definition) is 0. The molecule has 0 bridgehead atoms. The summed E-state index contributed by atoms with van der Waals surface area (Å²) in [6.45, 7) is 5.25. The maximum Gasteiger partial charge on any atom is 0.250 e. The molecule has 0 rings (SSSR count). The smallest absolute Gasteiger partial charge is 0.207 e. The van der Waals surface area contributed by atoms with E-state index in [1.165, 1.54) is 0 Å². The van der Waals surface area contributed by atoms with Crippen LogP contribution in [0, 0.1) is 5.92 Å². The first-order valence-corrected chi connectivity index (χ1v) is 4.88. The zero-order chi connectivity index (χ0) is 9.61. The summed E-state index contributed by atoms with van der Waals surface area (Å²) in [4.78, 5) is 0. The Hall–Kier alpha value is -0.140. The van der Waals surface area contributed by atoms with Crippen LogP contribution in [0.25, 0.3) is 0 Å². The van der Waals surface area contributed by atoms with Crippen LogP contribution >= 0.6 is 0 Å². The highest BCUT2D eigenvalue weighted by atomic mass is 19.3. The molecule has 0 aliphatic carbocycles. The fourth-order valence-electron chi connectivity index (χ4n) is 1.08. The summed E-state index contributed by atoms with van der Waals surface area (Å²) in [6.07, 6.45) is 3.85. The zero-order valence-electron chi connectivity index (χ0n) is 8.37. The molecule has 0 aliphatic heterocycles. The second-order valence-electron chi connectivity index (χ2n) is 3.73. The summed E-state index contributed by atoms with van der Waals surface area (Å²) in [5, 5.41) is 0. The monoisotopic (exact) mass is 178 g/mol. The minimum absolute atomic E-state index is 0.0602. The van der Waals surface area contributed by atoms with Gasteiger partial charge in [0.2, 0.25) is 5.92 Å². The Morgan fingerprint density at radius 2 is 1.67 bits per heavy atom. The van der Waals surface area contributed by atoms with Gasteiger partial charge in [0.1, 0.15) is 0 Å². The molecule has 0 unspecified atom stereocenters. The van der Waals surface area contributed by atoms with Crippen LogP contribution < -0.4 is 0 Å². The van der Waals surface area contributed by atoms with E-state index in [0.29, 0.717) is 6.42 Å². The van der Waals surface area contributed by atoms with Gasteiger partial charge in [0, 0.05) is 12.3 Å². The number of rotatable bonds is 6. The summed E-state index contributed by atoms with van der Waals surface area (Å²) in [7, 11) is 0. The Balaban J connectivity index is 3.47. The Bertz CT molecular complexity index is 108. The standard InChI is InChI=1S/C10H20F2/c1-4-5-6-7-8-10(11,12)9(2)3/h9H,4-8H2,1-3H3. The highest BCUT2D eigenvalue weighted by Crippen LogP contribution is 2.29. The van der Waals surface area contributed by atoms with Crippen molar-refractivity contribution in [1.82, 2.24) is 0 Å². The Morgan fingerprint density at radius 3 is 2.08 bits per heavy atom. The van der Waals surface area contributed by atoms with E-state index < -0.39 is 11.8 Å². The predicted molar refractivity (Wildman–Crippen MR) is 48.5 cm³/mol. The van der Waals surface area contributed by atoms with Crippen LogP contribution in [0.2, 0.25) is 0 Å². The molecule has 0 N–H and O–H groups in total. The molecule has 12 heavy (non-hydrogen) atoms. The lowest BCUT2D eigenvalue weighted by Gasteiger charge is -2.19. The number of halogens is 2. The SMILES string of the molecule is CCCCCCC(F)(F)C(C)C. The minimum Gasteiger partial charge on any atom is -0.207 e. The molecule has 0 spiro atoms. The van der Waals surface area contributed by atoms with E-state index in [0.717, 1.165) is 19.3 Å². The van der Waals surface area contributed by atoms with E-state index >= 15 is 0 Å². The van der Waals surface area contributed by atoms with Crippen molar-refractivity contribution in [3.8, 4) is 0 Å². The predicted octanol–water partition coefficient (Wildman–Crippen LogP) is 4.25. The van der Waals surface area contributed by atoms with Gasteiger partial charge in [-0.2, -0.15) is 0 Å². The third-order valence-corrected chi connectivity index (χ3v) is 2.21.